The molecule has 0 spiro atoms. The van der Waals surface area contributed by atoms with Crippen molar-refractivity contribution in [3.05, 3.63) is 35.4 Å². The summed E-state index contributed by atoms with van der Waals surface area (Å²) >= 11 is 0. The Morgan fingerprint density at radius 1 is 1.04 bits per heavy atom. The van der Waals surface area contributed by atoms with Crippen molar-refractivity contribution in [3.63, 3.8) is 0 Å². The highest BCUT2D eigenvalue weighted by Gasteiger charge is 2.25. The van der Waals surface area contributed by atoms with Gasteiger partial charge in [-0.15, -0.1) is 0 Å². The first-order valence-corrected chi connectivity index (χ1v) is 8.96. The standard InChI is InChI=1S/C19H28N4O3/c1-13(2)17(20)18(25)21-12-16(24)22-8-10-23(11-9-22)19(26)15-6-4-14(3)5-7-15/h4-7,13,17H,8-12,20H2,1-3H3,(H,21,25)/t17-/m0/s1. The van der Waals surface area contributed by atoms with E-state index in [1.807, 2.05) is 45.0 Å². The Morgan fingerprint density at radius 2 is 1.58 bits per heavy atom. The normalized spacial score (nSPS) is 15.7. The van der Waals surface area contributed by atoms with Crippen LogP contribution in [0.4, 0.5) is 0 Å². The lowest BCUT2D eigenvalue weighted by molar-refractivity contribution is -0.134. The number of aryl methyl sites for hydroxylation is 1. The second kappa shape index (κ2) is 8.80. The summed E-state index contributed by atoms with van der Waals surface area (Å²) in [6.07, 6.45) is 0. The predicted octanol–water partition coefficient (Wildman–Crippen LogP) is 0.379. The van der Waals surface area contributed by atoms with Gasteiger partial charge in [0.2, 0.25) is 11.8 Å². The highest BCUT2D eigenvalue weighted by Crippen LogP contribution is 2.10. The number of nitrogens with zero attached hydrogens (tertiary/aromatic N) is 2. The molecule has 3 N–H and O–H groups in total. The van der Waals surface area contributed by atoms with Gasteiger partial charge in [-0.1, -0.05) is 31.5 Å². The SMILES string of the molecule is Cc1ccc(C(=O)N2CCN(C(=O)CNC(=O)[C@@H](N)C(C)C)CC2)cc1. The van der Waals surface area contributed by atoms with Crippen LogP contribution in [0.5, 0.6) is 0 Å². The van der Waals surface area contributed by atoms with Crippen LogP contribution in [0, 0.1) is 12.8 Å². The van der Waals surface area contributed by atoms with Crippen molar-refractivity contribution in [2.45, 2.75) is 26.8 Å². The van der Waals surface area contributed by atoms with Crippen LogP contribution in [0.2, 0.25) is 0 Å². The third kappa shape index (κ3) is 5.05. The Morgan fingerprint density at radius 3 is 2.12 bits per heavy atom. The maximum absolute atomic E-state index is 12.5. The third-order valence-corrected chi connectivity index (χ3v) is 4.65. The van der Waals surface area contributed by atoms with Crippen molar-refractivity contribution in [2.24, 2.45) is 11.7 Å². The number of carbonyl (C=O) groups is 3. The maximum Gasteiger partial charge on any atom is 0.253 e. The molecule has 1 fully saturated rings. The van der Waals surface area contributed by atoms with Crippen LogP contribution in [-0.4, -0.2) is 66.3 Å². The van der Waals surface area contributed by atoms with Crippen molar-refractivity contribution in [1.82, 2.24) is 15.1 Å². The number of nitrogens with one attached hydrogen (secondary N) is 1. The lowest BCUT2D eigenvalue weighted by Gasteiger charge is -2.35. The van der Waals surface area contributed by atoms with Crippen LogP contribution in [0.15, 0.2) is 24.3 Å². The molecule has 7 heteroatoms. The molecule has 0 aromatic heterocycles. The maximum atomic E-state index is 12.5. The largest absolute Gasteiger partial charge is 0.346 e. The molecule has 2 rings (SSSR count). The number of hydrogen-bond donors (Lipinski definition) is 2. The van der Waals surface area contributed by atoms with E-state index in [0.717, 1.165) is 5.56 Å². The zero-order chi connectivity index (χ0) is 19.3. The third-order valence-electron chi connectivity index (χ3n) is 4.65. The van der Waals surface area contributed by atoms with Gasteiger partial charge in [-0.25, -0.2) is 0 Å². The van der Waals surface area contributed by atoms with Gasteiger partial charge in [-0.2, -0.15) is 0 Å². The molecular weight excluding hydrogens is 332 g/mol. The molecule has 1 aromatic rings. The quantitative estimate of drug-likeness (QED) is 0.793. The van der Waals surface area contributed by atoms with Gasteiger partial charge >= 0.3 is 0 Å². The van der Waals surface area contributed by atoms with Gasteiger partial charge in [-0.05, 0) is 25.0 Å². The summed E-state index contributed by atoms with van der Waals surface area (Å²) in [6.45, 7) is 7.52. The zero-order valence-electron chi connectivity index (χ0n) is 15.7. The molecule has 1 aliphatic heterocycles. The molecule has 7 nitrogen and oxygen atoms in total. The minimum absolute atomic E-state index is 0.0152. The Labute approximate surface area is 154 Å². The smallest absolute Gasteiger partial charge is 0.253 e. The van der Waals surface area contributed by atoms with Crippen molar-refractivity contribution >= 4 is 17.7 Å². The second-order valence-electron chi connectivity index (χ2n) is 7.03. The fourth-order valence-electron chi connectivity index (χ4n) is 2.73. The lowest BCUT2D eigenvalue weighted by Crippen LogP contribution is -2.53. The van der Waals surface area contributed by atoms with Crippen LogP contribution in [-0.2, 0) is 9.59 Å². The van der Waals surface area contributed by atoms with Gasteiger partial charge in [0, 0.05) is 31.7 Å². The second-order valence-corrected chi connectivity index (χ2v) is 7.03. The van der Waals surface area contributed by atoms with Crippen molar-refractivity contribution in [2.75, 3.05) is 32.7 Å². The molecule has 1 atom stereocenters. The number of hydrogen-bond acceptors (Lipinski definition) is 4. The van der Waals surface area contributed by atoms with Crippen molar-refractivity contribution in [3.8, 4) is 0 Å². The van der Waals surface area contributed by atoms with Crippen LogP contribution in [0.3, 0.4) is 0 Å². The molecule has 1 aromatic carbocycles. The topological polar surface area (TPSA) is 95.7 Å². The average molecular weight is 360 g/mol. The number of rotatable bonds is 5. The van der Waals surface area contributed by atoms with Crippen LogP contribution in [0.1, 0.15) is 29.8 Å². The molecule has 142 valence electrons. The van der Waals surface area contributed by atoms with E-state index in [-0.39, 0.29) is 30.2 Å². The van der Waals surface area contributed by atoms with E-state index in [2.05, 4.69) is 5.32 Å². The molecule has 1 heterocycles. The van der Waals surface area contributed by atoms with Crippen LogP contribution >= 0.6 is 0 Å². The van der Waals surface area contributed by atoms with Gasteiger partial charge in [0.05, 0.1) is 12.6 Å². The van der Waals surface area contributed by atoms with E-state index in [0.29, 0.717) is 31.7 Å². The molecule has 0 aliphatic carbocycles. The predicted molar refractivity (Wildman–Crippen MR) is 99.5 cm³/mol. The van der Waals surface area contributed by atoms with E-state index in [1.54, 1.807) is 9.80 Å². The fraction of sp³-hybridized carbons (Fsp3) is 0.526. The number of nitrogens with two attached hydrogens (primary N) is 1. The summed E-state index contributed by atoms with van der Waals surface area (Å²) in [5.74, 6) is -0.479. The van der Waals surface area contributed by atoms with Crippen LogP contribution < -0.4 is 11.1 Å². The molecule has 0 radical (unpaired) electrons. The van der Waals surface area contributed by atoms with Crippen molar-refractivity contribution < 1.29 is 14.4 Å². The molecule has 0 saturated carbocycles. The highest BCUT2D eigenvalue weighted by molar-refractivity contribution is 5.94. The fourth-order valence-corrected chi connectivity index (χ4v) is 2.73. The Hall–Kier alpha value is -2.41. The summed E-state index contributed by atoms with van der Waals surface area (Å²) in [6, 6.07) is 6.85. The minimum Gasteiger partial charge on any atom is -0.346 e. The van der Waals surface area contributed by atoms with E-state index in [1.165, 1.54) is 0 Å². The van der Waals surface area contributed by atoms with Gasteiger partial charge in [0.15, 0.2) is 0 Å². The first-order chi connectivity index (χ1) is 12.3. The number of carbonyl (C=O) groups excluding carboxylic acids is 3. The highest BCUT2D eigenvalue weighted by atomic mass is 16.2. The molecule has 1 aliphatic rings. The van der Waals surface area contributed by atoms with Crippen LogP contribution in [0.25, 0.3) is 0 Å². The zero-order valence-corrected chi connectivity index (χ0v) is 15.7. The van der Waals surface area contributed by atoms with E-state index in [4.69, 9.17) is 5.73 Å². The summed E-state index contributed by atoms with van der Waals surface area (Å²) in [5.41, 5.74) is 7.52. The molecule has 0 unspecified atom stereocenters. The molecule has 3 amide bonds. The van der Waals surface area contributed by atoms with Crippen molar-refractivity contribution in [1.29, 1.82) is 0 Å². The number of piperazine rings is 1. The monoisotopic (exact) mass is 360 g/mol. The van der Waals surface area contributed by atoms with Gasteiger partial charge < -0.3 is 20.9 Å². The van der Waals surface area contributed by atoms with Gasteiger partial charge in [-0.3, -0.25) is 14.4 Å². The molecule has 0 bridgehead atoms. The molecule has 26 heavy (non-hydrogen) atoms. The van der Waals surface area contributed by atoms with Gasteiger partial charge in [0.1, 0.15) is 0 Å². The Balaban J connectivity index is 1.80. The lowest BCUT2D eigenvalue weighted by atomic mass is 10.1. The first-order valence-electron chi connectivity index (χ1n) is 8.96. The number of amides is 3. The summed E-state index contributed by atoms with van der Waals surface area (Å²) < 4.78 is 0. The van der Waals surface area contributed by atoms with E-state index >= 15 is 0 Å². The molecule has 1 saturated heterocycles. The summed E-state index contributed by atoms with van der Waals surface area (Å²) in [4.78, 5) is 40.0. The summed E-state index contributed by atoms with van der Waals surface area (Å²) in [5, 5.41) is 2.59. The van der Waals surface area contributed by atoms with Gasteiger partial charge in [0.25, 0.3) is 5.91 Å². The number of benzene rings is 1. The first kappa shape index (κ1) is 19.9. The Bertz CT molecular complexity index is 649. The Kier molecular flexibility index (Phi) is 6.74. The average Bonchev–Trinajstić information content (AvgIpc) is 2.65. The minimum atomic E-state index is -0.619. The van der Waals surface area contributed by atoms with E-state index in [9.17, 15) is 14.4 Å². The van der Waals surface area contributed by atoms with E-state index < -0.39 is 6.04 Å². The summed E-state index contributed by atoms with van der Waals surface area (Å²) in [7, 11) is 0. The molecular formula is C19H28N4O3.